The standard InChI is InChI=1S/C14H14BrNO4S2/c1-9(2)20-14(17)10-3-5-11(6-4-10)16-22(18,19)13-8-7-12(15)21-13/h3-9,16H,1-2H3. The Balaban J connectivity index is 2.13. The Kier molecular flexibility index (Phi) is 5.25. The van der Waals surface area contributed by atoms with Crippen LogP contribution in [0.3, 0.4) is 0 Å². The van der Waals surface area contributed by atoms with Gasteiger partial charge in [-0.15, -0.1) is 11.3 Å². The molecule has 0 spiro atoms. The minimum Gasteiger partial charge on any atom is -0.459 e. The van der Waals surface area contributed by atoms with Crippen LogP contribution in [-0.2, 0) is 14.8 Å². The Morgan fingerprint density at radius 2 is 1.82 bits per heavy atom. The van der Waals surface area contributed by atoms with Crippen LogP contribution < -0.4 is 4.72 Å². The normalized spacial score (nSPS) is 11.5. The van der Waals surface area contributed by atoms with E-state index in [9.17, 15) is 13.2 Å². The molecule has 1 aromatic carbocycles. The highest BCUT2D eigenvalue weighted by Crippen LogP contribution is 2.27. The highest BCUT2D eigenvalue weighted by Gasteiger charge is 2.17. The fourth-order valence-electron chi connectivity index (χ4n) is 1.60. The molecule has 2 rings (SSSR count). The predicted octanol–water partition coefficient (Wildman–Crippen LogP) is 3.88. The smallest absolute Gasteiger partial charge is 0.338 e. The van der Waals surface area contributed by atoms with Gasteiger partial charge >= 0.3 is 5.97 Å². The van der Waals surface area contributed by atoms with Crippen LogP contribution in [0, 0.1) is 0 Å². The van der Waals surface area contributed by atoms with Crippen molar-refractivity contribution in [3.05, 3.63) is 45.7 Å². The van der Waals surface area contributed by atoms with Crippen LogP contribution in [0.4, 0.5) is 5.69 Å². The summed E-state index contributed by atoms with van der Waals surface area (Å²) < 4.78 is 32.8. The van der Waals surface area contributed by atoms with E-state index >= 15 is 0 Å². The molecule has 22 heavy (non-hydrogen) atoms. The van der Waals surface area contributed by atoms with Crippen molar-refractivity contribution in [3.8, 4) is 0 Å². The van der Waals surface area contributed by atoms with Gasteiger partial charge in [-0.2, -0.15) is 0 Å². The van der Waals surface area contributed by atoms with Crippen molar-refractivity contribution in [1.82, 2.24) is 0 Å². The lowest BCUT2D eigenvalue weighted by Gasteiger charge is -2.09. The van der Waals surface area contributed by atoms with Gasteiger partial charge in [-0.25, -0.2) is 13.2 Å². The molecule has 0 aliphatic heterocycles. The molecule has 0 unspecified atom stereocenters. The summed E-state index contributed by atoms with van der Waals surface area (Å²) in [5, 5.41) is 0. The second kappa shape index (κ2) is 6.80. The minimum absolute atomic E-state index is 0.206. The molecular weight excluding hydrogens is 390 g/mol. The van der Waals surface area contributed by atoms with Crippen molar-refractivity contribution < 1.29 is 17.9 Å². The Bertz CT molecular complexity index is 766. The first-order valence-corrected chi connectivity index (χ1v) is 9.46. The molecular formula is C14H14BrNO4S2. The molecule has 0 radical (unpaired) electrons. The number of halogens is 1. The minimum atomic E-state index is -3.62. The average molecular weight is 404 g/mol. The van der Waals surface area contributed by atoms with Gasteiger partial charge in [0, 0.05) is 5.69 Å². The molecule has 118 valence electrons. The fourth-order valence-corrected chi connectivity index (χ4v) is 4.67. The van der Waals surface area contributed by atoms with E-state index < -0.39 is 16.0 Å². The number of carbonyl (C=O) groups excluding carboxylic acids is 1. The molecule has 0 aliphatic carbocycles. The largest absolute Gasteiger partial charge is 0.459 e. The van der Waals surface area contributed by atoms with Crippen molar-refractivity contribution in [3.63, 3.8) is 0 Å². The van der Waals surface area contributed by atoms with E-state index in [2.05, 4.69) is 20.7 Å². The molecule has 1 N–H and O–H groups in total. The summed E-state index contributed by atoms with van der Waals surface area (Å²) in [6.45, 7) is 3.53. The number of rotatable bonds is 5. The quantitative estimate of drug-likeness (QED) is 0.768. The molecule has 0 amide bonds. The molecule has 1 heterocycles. The Hall–Kier alpha value is -1.38. The van der Waals surface area contributed by atoms with E-state index in [4.69, 9.17) is 4.74 Å². The number of hydrogen-bond donors (Lipinski definition) is 1. The summed E-state index contributed by atoms with van der Waals surface area (Å²) in [5.74, 6) is -0.438. The van der Waals surface area contributed by atoms with Crippen LogP contribution in [-0.4, -0.2) is 20.5 Å². The van der Waals surface area contributed by atoms with Gasteiger partial charge in [0.1, 0.15) is 4.21 Å². The first kappa shape index (κ1) is 17.0. The van der Waals surface area contributed by atoms with Crippen molar-refractivity contribution >= 4 is 48.9 Å². The molecule has 1 aromatic heterocycles. The third kappa shape index (κ3) is 4.31. The summed E-state index contributed by atoms with van der Waals surface area (Å²) in [5.41, 5.74) is 0.751. The molecule has 0 fully saturated rings. The highest BCUT2D eigenvalue weighted by molar-refractivity contribution is 9.11. The zero-order valence-electron chi connectivity index (χ0n) is 11.9. The van der Waals surface area contributed by atoms with Gasteiger partial charge in [-0.1, -0.05) is 0 Å². The lowest BCUT2D eigenvalue weighted by Crippen LogP contribution is -2.13. The van der Waals surface area contributed by atoms with Gasteiger partial charge in [0.25, 0.3) is 10.0 Å². The third-order valence-electron chi connectivity index (χ3n) is 2.53. The SMILES string of the molecule is CC(C)OC(=O)c1ccc(NS(=O)(=O)c2ccc(Br)s2)cc1. The second-order valence-corrected chi connectivity index (χ2v) is 9.07. The first-order valence-electron chi connectivity index (χ1n) is 6.37. The lowest BCUT2D eigenvalue weighted by atomic mass is 10.2. The number of esters is 1. The van der Waals surface area contributed by atoms with Crippen LogP contribution in [0.2, 0.25) is 0 Å². The lowest BCUT2D eigenvalue weighted by molar-refractivity contribution is 0.0378. The maximum absolute atomic E-state index is 12.2. The highest BCUT2D eigenvalue weighted by atomic mass is 79.9. The zero-order valence-corrected chi connectivity index (χ0v) is 15.1. The van der Waals surface area contributed by atoms with E-state index in [1.54, 1.807) is 19.9 Å². The monoisotopic (exact) mass is 403 g/mol. The van der Waals surface area contributed by atoms with Crippen molar-refractivity contribution in [1.29, 1.82) is 0 Å². The molecule has 0 aliphatic rings. The molecule has 0 bridgehead atoms. The average Bonchev–Trinajstić information content (AvgIpc) is 2.86. The maximum Gasteiger partial charge on any atom is 0.338 e. The van der Waals surface area contributed by atoms with E-state index in [1.807, 2.05) is 0 Å². The predicted molar refractivity (Wildman–Crippen MR) is 89.8 cm³/mol. The summed E-state index contributed by atoms with van der Waals surface area (Å²) in [6, 6.07) is 9.28. The Morgan fingerprint density at radius 1 is 1.18 bits per heavy atom. The van der Waals surface area contributed by atoms with Gasteiger partial charge in [0.05, 0.1) is 15.5 Å². The number of carbonyl (C=O) groups is 1. The number of sulfonamides is 1. The van der Waals surface area contributed by atoms with Gasteiger partial charge in [-0.3, -0.25) is 4.72 Å². The van der Waals surface area contributed by atoms with Crippen LogP contribution >= 0.6 is 27.3 Å². The summed E-state index contributed by atoms with van der Waals surface area (Å²) in [7, 11) is -3.62. The Labute approximate surface area is 141 Å². The maximum atomic E-state index is 12.2. The zero-order chi connectivity index (χ0) is 16.3. The molecule has 5 nitrogen and oxygen atoms in total. The summed E-state index contributed by atoms with van der Waals surface area (Å²) in [6.07, 6.45) is -0.206. The topological polar surface area (TPSA) is 72.5 Å². The number of anilines is 1. The number of thiophene rings is 1. The van der Waals surface area contributed by atoms with Gasteiger partial charge in [-0.05, 0) is 66.2 Å². The molecule has 0 saturated heterocycles. The van der Waals surface area contributed by atoms with Crippen molar-refractivity contribution in [2.24, 2.45) is 0 Å². The van der Waals surface area contributed by atoms with E-state index in [1.165, 1.54) is 30.3 Å². The van der Waals surface area contributed by atoms with Crippen LogP contribution in [0.25, 0.3) is 0 Å². The number of nitrogens with one attached hydrogen (secondary N) is 1. The molecule has 8 heteroatoms. The fraction of sp³-hybridized carbons (Fsp3) is 0.214. The van der Waals surface area contributed by atoms with Crippen LogP contribution in [0.15, 0.2) is 44.4 Å². The number of benzene rings is 1. The number of hydrogen-bond acceptors (Lipinski definition) is 5. The second-order valence-electron chi connectivity index (χ2n) is 4.70. The van der Waals surface area contributed by atoms with Gasteiger partial charge in [0.2, 0.25) is 0 Å². The van der Waals surface area contributed by atoms with E-state index in [0.29, 0.717) is 11.3 Å². The van der Waals surface area contributed by atoms with E-state index in [-0.39, 0.29) is 10.3 Å². The van der Waals surface area contributed by atoms with Crippen molar-refractivity contribution in [2.45, 2.75) is 24.2 Å². The molecule has 0 atom stereocenters. The van der Waals surface area contributed by atoms with E-state index in [0.717, 1.165) is 15.1 Å². The van der Waals surface area contributed by atoms with Crippen molar-refractivity contribution in [2.75, 3.05) is 4.72 Å². The third-order valence-corrected chi connectivity index (χ3v) is 6.03. The summed E-state index contributed by atoms with van der Waals surface area (Å²) in [4.78, 5) is 11.7. The van der Waals surface area contributed by atoms with Crippen LogP contribution in [0.1, 0.15) is 24.2 Å². The Morgan fingerprint density at radius 3 is 2.32 bits per heavy atom. The molecule has 0 saturated carbocycles. The molecule has 2 aromatic rings. The van der Waals surface area contributed by atoms with Gasteiger partial charge < -0.3 is 4.74 Å². The first-order chi connectivity index (χ1) is 10.3. The summed E-state index contributed by atoms with van der Waals surface area (Å²) >= 11 is 4.35. The van der Waals surface area contributed by atoms with Gasteiger partial charge in [0.15, 0.2) is 0 Å². The van der Waals surface area contributed by atoms with Crippen LogP contribution in [0.5, 0.6) is 0 Å². The number of ether oxygens (including phenoxy) is 1.